The van der Waals surface area contributed by atoms with Gasteiger partial charge in [0.15, 0.2) is 0 Å². The summed E-state index contributed by atoms with van der Waals surface area (Å²) >= 11 is -0.137. The standard InChI is InChI=1S/C7H6F2N2O2S/c8-7(9,6(12)13)14-5-2-1-4(10)3-11-5/h1-3H,10H2,(H,12,13). The summed E-state index contributed by atoms with van der Waals surface area (Å²) in [6.45, 7) is 0. The number of thioether (sulfide) groups is 1. The molecule has 0 unspecified atom stereocenters. The molecule has 0 radical (unpaired) electrons. The first-order valence-electron chi connectivity index (χ1n) is 3.43. The first-order chi connectivity index (χ1) is 6.42. The number of carboxylic acids is 1. The summed E-state index contributed by atoms with van der Waals surface area (Å²) in [5, 5.41) is 4.17. The molecule has 0 spiro atoms. The van der Waals surface area contributed by atoms with Gasteiger partial charge in [-0.3, -0.25) is 0 Å². The number of nitrogen functional groups attached to an aromatic ring is 1. The SMILES string of the molecule is Nc1ccc(SC(F)(F)C(=O)O)nc1. The Labute approximate surface area is 82.1 Å². The minimum atomic E-state index is -3.87. The molecule has 1 aromatic rings. The minimum absolute atomic E-state index is 0.0911. The Morgan fingerprint density at radius 2 is 2.21 bits per heavy atom. The summed E-state index contributed by atoms with van der Waals surface area (Å²) in [4.78, 5) is 13.6. The van der Waals surface area contributed by atoms with Gasteiger partial charge in [-0.1, -0.05) is 0 Å². The van der Waals surface area contributed by atoms with E-state index in [9.17, 15) is 13.6 Å². The smallest absolute Gasteiger partial charge is 0.394 e. The zero-order valence-corrected chi connectivity index (χ0v) is 7.59. The lowest BCUT2D eigenvalue weighted by molar-refractivity contribution is -0.152. The van der Waals surface area contributed by atoms with Crippen LogP contribution in [0.4, 0.5) is 14.5 Å². The van der Waals surface area contributed by atoms with Crippen LogP contribution in [0, 0.1) is 0 Å². The van der Waals surface area contributed by atoms with E-state index in [1.165, 1.54) is 18.3 Å². The van der Waals surface area contributed by atoms with Crippen molar-refractivity contribution in [2.45, 2.75) is 10.3 Å². The van der Waals surface area contributed by atoms with Crippen LogP contribution in [0.2, 0.25) is 0 Å². The third-order valence-electron chi connectivity index (χ3n) is 1.24. The molecule has 1 aromatic heterocycles. The second-order valence-electron chi connectivity index (χ2n) is 2.35. The molecule has 0 aliphatic carbocycles. The number of hydrogen-bond donors (Lipinski definition) is 2. The van der Waals surface area contributed by atoms with Crippen molar-refractivity contribution in [3.63, 3.8) is 0 Å². The van der Waals surface area contributed by atoms with Crippen LogP contribution in [0.3, 0.4) is 0 Å². The van der Waals surface area contributed by atoms with Gasteiger partial charge in [0, 0.05) is 0 Å². The number of nitrogens with zero attached hydrogens (tertiary/aromatic N) is 1. The topological polar surface area (TPSA) is 76.2 Å². The van der Waals surface area contributed by atoms with Crippen molar-refractivity contribution in [2.24, 2.45) is 0 Å². The number of halogens is 2. The molecular weight excluding hydrogens is 214 g/mol. The minimum Gasteiger partial charge on any atom is -0.476 e. The molecule has 7 heteroatoms. The fraction of sp³-hybridized carbons (Fsp3) is 0.143. The Bertz CT molecular complexity index is 342. The normalized spacial score (nSPS) is 11.3. The number of hydrogen-bond acceptors (Lipinski definition) is 4. The van der Waals surface area contributed by atoms with Crippen LogP contribution >= 0.6 is 11.8 Å². The summed E-state index contributed by atoms with van der Waals surface area (Å²) in [5.74, 6) is -2.19. The van der Waals surface area contributed by atoms with Crippen LogP contribution in [-0.2, 0) is 4.79 Å². The largest absolute Gasteiger partial charge is 0.476 e. The quantitative estimate of drug-likeness (QED) is 0.753. The number of pyridine rings is 1. The average molecular weight is 220 g/mol. The van der Waals surface area contributed by atoms with E-state index in [1.54, 1.807) is 0 Å². The third kappa shape index (κ3) is 2.56. The van der Waals surface area contributed by atoms with E-state index in [-0.39, 0.29) is 16.8 Å². The van der Waals surface area contributed by atoms with Crippen LogP contribution in [0.5, 0.6) is 0 Å². The van der Waals surface area contributed by atoms with Crippen molar-refractivity contribution in [3.05, 3.63) is 18.3 Å². The van der Waals surface area contributed by atoms with Gasteiger partial charge in [-0.15, -0.1) is 0 Å². The van der Waals surface area contributed by atoms with Gasteiger partial charge in [-0.25, -0.2) is 9.78 Å². The van der Waals surface area contributed by atoms with Gasteiger partial charge in [-0.05, 0) is 23.9 Å². The van der Waals surface area contributed by atoms with Crippen molar-refractivity contribution < 1.29 is 18.7 Å². The summed E-state index contributed by atoms with van der Waals surface area (Å²) in [5.41, 5.74) is 5.60. The van der Waals surface area contributed by atoms with E-state index in [0.717, 1.165) is 0 Å². The lowest BCUT2D eigenvalue weighted by Crippen LogP contribution is -2.23. The highest BCUT2D eigenvalue weighted by Crippen LogP contribution is 2.34. The van der Waals surface area contributed by atoms with Crippen molar-refractivity contribution in [2.75, 3.05) is 5.73 Å². The fourth-order valence-corrected chi connectivity index (χ4v) is 1.22. The third-order valence-corrected chi connectivity index (χ3v) is 2.12. The molecule has 1 rings (SSSR count). The van der Waals surface area contributed by atoms with E-state index in [4.69, 9.17) is 10.8 Å². The molecule has 0 saturated carbocycles. The second kappa shape index (κ2) is 3.79. The van der Waals surface area contributed by atoms with E-state index in [2.05, 4.69) is 4.98 Å². The highest BCUT2D eigenvalue weighted by Gasteiger charge is 2.40. The molecule has 14 heavy (non-hydrogen) atoms. The maximum Gasteiger partial charge on any atom is 0.394 e. The molecule has 1 heterocycles. The number of nitrogens with two attached hydrogens (primary N) is 1. The van der Waals surface area contributed by atoms with Crippen molar-refractivity contribution >= 4 is 23.4 Å². The molecule has 0 atom stereocenters. The van der Waals surface area contributed by atoms with Crippen LogP contribution < -0.4 is 5.73 Å². The van der Waals surface area contributed by atoms with Gasteiger partial charge in [0.05, 0.1) is 11.9 Å². The van der Waals surface area contributed by atoms with Gasteiger partial charge in [0.25, 0.3) is 0 Å². The Hall–Kier alpha value is -1.37. The predicted octanol–water partition coefficient (Wildman–Crippen LogP) is 1.43. The van der Waals surface area contributed by atoms with Gasteiger partial charge in [0.2, 0.25) is 0 Å². The molecule has 0 saturated heterocycles. The number of carboxylic acid groups (broad SMARTS) is 1. The molecule has 0 bridgehead atoms. The molecule has 4 nitrogen and oxygen atoms in total. The summed E-state index contributed by atoms with van der Waals surface area (Å²) < 4.78 is 25.2. The monoisotopic (exact) mass is 220 g/mol. The molecule has 0 fully saturated rings. The van der Waals surface area contributed by atoms with Crippen LogP contribution in [0.1, 0.15) is 0 Å². The van der Waals surface area contributed by atoms with E-state index < -0.39 is 11.2 Å². The molecule has 0 aliphatic rings. The number of alkyl halides is 2. The number of carbonyl (C=O) groups is 1. The summed E-state index contributed by atoms with van der Waals surface area (Å²) in [7, 11) is 0. The average Bonchev–Trinajstić information content (AvgIpc) is 2.08. The molecule has 0 aromatic carbocycles. The highest BCUT2D eigenvalue weighted by molar-refractivity contribution is 8.01. The highest BCUT2D eigenvalue weighted by atomic mass is 32.2. The Morgan fingerprint density at radius 1 is 1.57 bits per heavy atom. The van der Waals surface area contributed by atoms with Gasteiger partial charge in [0.1, 0.15) is 5.03 Å². The number of anilines is 1. The van der Waals surface area contributed by atoms with Crippen molar-refractivity contribution in [1.29, 1.82) is 0 Å². The van der Waals surface area contributed by atoms with E-state index in [0.29, 0.717) is 5.69 Å². The molecule has 3 N–H and O–H groups in total. The maximum absolute atomic E-state index is 12.6. The van der Waals surface area contributed by atoms with E-state index in [1.807, 2.05) is 0 Å². The maximum atomic E-state index is 12.6. The zero-order valence-electron chi connectivity index (χ0n) is 6.78. The molecule has 0 aliphatic heterocycles. The van der Waals surface area contributed by atoms with Crippen molar-refractivity contribution in [1.82, 2.24) is 4.98 Å². The fourth-order valence-electron chi connectivity index (χ4n) is 0.627. The Kier molecular flexibility index (Phi) is 2.90. The van der Waals surface area contributed by atoms with Crippen LogP contribution in [0.15, 0.2) is 23.4 Å². The second-order valence-corrected chi connectivity index (χ2v) is 3.49. The van der Waals surface area contributed by atoms with Gasteiger partial charge < -0.3 is 10.8 Å². The Balaban J connectivity index is 2.79. The summed E-state index contributed by atoms with van der Waals surface area (Å²) in [6.07, 6.45) is 1.18. The number of rotatable bonds is 3. The van der Waals surface area contributed by atoms with Crippen molar-refractivity contribution in [3.8, 4) is 0 Å². The van der Waals surface area contributed by atoms with Gasteiger partial charge >= 0.3 is 11.2 Å². The zero-order chi connectivity index (χ0) is 10.8. The van der Waals surface area contributed by atoms with E-state index >= 15 is 0 Å². The summed E-state index contributed by atoms with van der Waals surface area (Å²) in [6, 6.07) is 2.60. The predicted molar refractivity (Wildman–Crippen MR) is 47.1 cm³/mol. The molecular formula is C7H6F2N2O2S. The Morgan fingerprint density at radius 3 is 2.64 bits per heavy atom. The van der Waals surface area contributed by atoms with Gasteiger partial charge in [-0.2, -0.15) is 8.78 Å². The van der Waals surface area contributed by atoms with Crippen LogP contribution in [0.25, 0.3) is 0 Å². The number of aromatic nitrogens is 1. The first kappa shape index (κ1) is 10.7. The lowest BCUT2D eigenvalue weighted by atomic mass is 10.4. The number of aliphatic carboxylic acids is 1. The van der Waals surface area contributed by atoms with Crippen LogP contribution in [-0.4, -0.2) is 21.3 Å². The molecule has 76 valence electrons. The lowest BCUT2D eigenvalue weighted by Gasteiger charge is -2.08. The molecule has 0 amide bonds. The first-order valence-corrected chi connectivity index (χ1v) is 4.25.